The molecule has 0 aliphatic heterocycles. The fraction of sp³-hybridized carbons (Fsp3) is 0.385. The molecule has 0 aliphatic rings. The predicted octanol–water partition coefficient (Wildman–Crippen LogP) is 0.0605. The average molecular weight is 249 g/mol. The van der Waals surface area contributed by atoms with E-state index < -0.39 is 6.17 Å². The van der Waals surface area contributed by atoms with E-state index in [1.54, 1.807) is 0 Å². The molecule has 1 aromatic carbocycles. The van der Waals surface area contributed by atoms with Crippen LogP contribution in [0.1, 0.15) is 5.56 Å². The smallest absolute Gasteiger partial charge is 0.211 e. The van der Waals surface area contributed by atoms with Crippen LogP contribution in [0.25, 0.3) is 0 Å². The van der Waals surface area contributed by atoms with Crippen molar-refractivity contribution in [1.82, 2.24) is 9.80 Å². The summed E-state index contributed by atoms with van der Waals surface area (Å²) in [5, 5.41) is 0. The molecule has 1 amide bonds. The number of nitrogens with zero attached hydrogens (tertiary/aromatic N) is 2. The minimum Gasteiger partial charge on any atom is -0.322 e. The first-order valence-corrected chi connectivity index (χ1v) is 5.80. The first kappa shape index (κ1) is 14.3. The molecule has 2 N–H and O–H groups in total. The number of hydrogen-bond donors (Lipinski definition) is 1. The van der Waals surface area contributed by atoms with Crippen molar-refractivity contribution in [3.63, 3.8) is 0 Å². The molecular weight excluding hydrogens is 230 g/mol. The Labute approximate surface area is 107 Å². The van der Waals surface area contributed by atoms with Gasteiger partial charge >= 0.3 is 0 Å². The van der Waals surface area contributed by atoms with Gasteiger partial charge in [-0.05, 0) is 12.6 Å². The Morgan fingerprint density at radius 2 is 1.94 bits per heavy atom. The van der Waals surface area contributed by atoms with Gasteiger partial charge < -0.3 is 15.4 Å². The highest BCUT2D eigenvalue weighted by molar-refractivity contribution is 5.59. The highest BCUT2D eigenvalue weighted by atomic mass is 16.1. The van der Waals surface area contributed by atoms with Crippen LogP contribution < -0.4 is 5.73 Å². The fourth-order valence-electron chi connectivity index (χ4n) is 1.73. The van der Waals surface area contributed by atoms with E-state index in [1.807, 2.05) is 42.3 Å². The monoisotopic (exact) mass is 249 g/mol. The van der Waals surface area contributed by atoms with E-state index in [0.717, 1.165) is 6.54 Å². The number of benzene rings is 1. The molecule has 1 unspecified atom stereocenters. The summed E-state index contributed by atoms with van der Waals surface area (Å²) in [5.41, 5.74) is 7.04. The van der Waals surface area contributed by atoms with Crippen LogP contribution >= 0.6 is 0 Å². The van der Waals surface area contributed by atoms with Crippen molar-refractivity contribution in [2.75, 3.05) is 20.1 Å². The average Bonchev–Trinajstić information content (AvgIpc) is 2.36. The van der Waals surface area contributed by atoms with Crippen LogP contribution in [0, 0.1) is 0 Å². The molecule has 5 nitrogen and oxygen atoms in total. The SMILES string of the molecule is CN(Cc1ccccc1)CC(N)N(C=O)CC=O. The lowest BCUT2D eigenvalue weighted by Gasteiger charge is -2.27. The maximum atomic E-state index is 10.7. The second kappa shape index (κ2) is 7.58. The molecule has 0 bridgehead atoms. The maximum Gasteiger partial charge on any atom is 0.211 e. The van der Waals surface area contributed by atoms with Gasteiger partial charge in [0.1, 0.15) is 6.29 Å². The Morgan fingerprint density at radius 1 is 1.28 bits per heavy atom. The summed E-state index contributed by atoms with van der Waals surface area (Å²) >= 11 is 0. The van der Waals surface area contributed by atoms with Crippen LogP contribution in [-0.4, -0.2) is 48.8 Å². The molecule has 0 saturated carbocycles. The second-order valence-electron chi connectivity index (χ2n) is 4.22. The Balaban J connectivity index is 2.46. The Hall–Kier alpha value is -1.72. The number of aldehydes is 1. The van der Waals surface area contributed by atoms with Crippen molar-refractivity contribution in [3.8, 4) is 0 Å². The molecule has 0 saturated heterocycles. The summed E-state index contributed by atoms with van der Waals surface area (Å²) < 4.78 is 0. The highest BCUT2D eigenvalue weighted by Gasteiger charge is 2.13. The van der Waals surface area contributed by atoms with Gasteiger partial charge in [-0.3, -0.25) is 9.69 Å². The van der Waals surface area contributed by atoms with Gasteiger partial charge in [0.2, 0.25) is 6.41 Å². The van der Waals surface area contributed by atoms with Crippen LogP contribution in [0.3, 0.4) is 0 Å². The summed E-state index contributed by atoms with van der Waals surface area (Å²) in [6.07, 6.45) is 0.808. The van der Waals surface area contributed by atoms with Crippen molar-refractivity contribution < 1.29 is 9.59 Å². The van der Waals surface area contributed by atoms with Crippen molar-refractivity contribution >= 4 is 12.7 Å². The van der Waals surface area contributed by atoms with Crippen molar-refractivity contribution in [3.05, 3.63) is 35.9 Å². The summed E-state index contributed by atoms with van der Waals surface area (Å²) in [6.45, 7) is 1.30. The second-order valence-corrected chi connectivity index (χ2v) is 4.22. The number of nitrogens with two attached hydrogens (primary N) is 1. The quantitative estimate of drug-likeness (QED) is 0.522. The molecule has 0 aromatic heterocycles. The van der Waals surface area contributed by atoms with Crippen molar-refractivity contribution in [1.29, 1.82) is 0 Å². The Morgan fingerprint density at radius 3 is 2.50 bits per heavy atom. The molecule has 0 aliphatic carbocycles. The first-order chi connectivity index (χ1) is 8.67. The van der Waals surface area contributed by atoms with Crippen molar-refractivity contribution in [2.45, 2.75) is 12.7 Å². The number of carbonyl (C=O) groups is 2. The molecule has 1 rings (SSSR count). The molecule has 1 aromatic rings. The van der Waals surface area contributed by atoms with Gasteiger partial charge in [0.05, 0.1) is 12.7 Å². The molecule has 1 atom stereocenters. The van der Waals surface area contributed by atoms with E-state index in [-0.39, 0.29) is 6.54 Å². The Bertz CT molecular complexity index is 370. The van der Waals surface area contributed by atoms with Crippen LogP contribution in [0.4, 0.5) is 0 Å². The summed E-state index contributed by atoms with van der Waals surface area (Å²) in [4.78, 5) is 24.4. The topological polar surface area (TPSA) is 66.6 Å². The lowest BCUT2D eigenvalue weighted by atomic mass is 10.2. The first-order valence-electron chi connectivity index (χ1n) is 5.80. The van der Waals surface area contributed by atoms with E-state index >= 15 is 0 Å². The van der Waals surface area contributed by atoms with Crippen molar-refractivity contribution in [2.24, 2.45) is 5.73 Å². The van der Waals surface area contributed by atoms with Gasteiger partial charge in [-0.2, -0.15) is 0 Å². The predicted molar refractivity (Wildman–Crippen MR) is 69.6 cm³/mol. The number of likely N-dealkylation sites (N-methyl/N-ethyl adjacent to an activating group) is 1. The molecule has 0 spiro atoms. The molecule has 0 radical (unpaired) electrons. The number of amides is 1. The lowest BCUT2D eigenvalue weighted by Crippen LogP contribution is -2.48. The van der Waals surface area contributed by atoms with Gasteiger partial charge in [0.25, 0.3) is 0 Å². The third-order valence-electron chi connectivity index (χ3n) is 2.64. The molecule has 98 valence electrons. The standard InChI is InChI=1S/C13H19N3O2/c1-15(9-12-5-3-2-4-6-12)10-13(14)16(11-18)7-8-17/h2-6,8,11,13H,7,9-10,14H2,1H3. The molecule has 0 heterocycles. The van der Waals surface area contributed by atoms with Gasteiger partial charge in [-0.25, -0.2) is 0 Å². The molecule has 0 fully saturated rings. The lowest BCUT2D eigenvalue weighted by molar-refractivity contribution is -0.124. The van der Waals surface area contributed by atoms with Crippen LogP contribution in [0.5, 0.6) is 0 Å². The summed E-state index contributed by atoms with van der Waals surface area (Å²) in [6, 6.07) is 9.99. The molecule has 18 heavy (non-hydrogen) atoms. The van der Waals surface area contributed by atoms with E-state index in [0.29, 0.717) is 19.2 Å². The van der Waals surface area contributed by atoms with E-state index in [2.05, 4.69) is 0 Å². The molecule has 5 heteroatoms. The minimum absolute atomic E-state index is 0.0316. The van der Waals surface area contributed by atoms with Crippen LogP contribution in [0.15, 0.2) is 30.3 Å². The zero-order chi connectivity index (χ0) is 13.4. The summed E-state index contributed by atoms with van der Waals surface area (Å²) in [5.74, 6) is 0. The zero-order valence-electron chi connectivity index (χ0n) is 10.5. The fourth-order valence-corrected chi connectivity index (χ4v) is 1.73. The van der Waals surface area contributed by atoms with E-state index in [1.165, 1.54) is 10.5 Å². The maximum absolute atomic E-state index is 10.7. The third kappa shape index (κ3) is 4.65. The third-order valence-corrected chi connectivity index (χ3v) is 2.64. The van der Waals surface area contributed by atoms with Gasteiger partial charge in [0, 0.05) is 13.1 Å². The number of hydrogen-bond acceptors (Lipinski definition) is 4. The number of rotatable bonds is 8. The normalized spacial score (nSPS) is 12.2. The van der Waals surface area contributed by atoms with Gasteiger partial charge in [0.15, 0.2) is 0 Å². The van der Waals surface area contributed by atoms with E-state index in [4.69, 9.17) is 5.73 Å². The van der Waals surface area contributed by atoms with Gasteiger partial charge in [-0.15, -0.1) is 0 Å². The minimum atomic E-state index is -0.471. The highest BCUT2D eigenvalue weighted by Crippen LogP contribution is 2.03. The van der Waals surface area contributed by atoms with Gasteiger partial charge in [-0.1, -0.05) is 30.3 Å². The van der Waals surface area contributed by atoms with Crippen LogP contribution in [-0.2, 0) is 16.1 Å². The van der Waals surface area contributed by atoms with Crippen LogP contribution in [0.2, 0.25) is 0 Å². The van der Waals surface area contributed by atoms with E-state index in [9.17, 15) is 9.59 Å². The number of carbonyl (C=O) groups excluding carboxylic acids is 2. The zero-order valence-corrected chi connectivity index (χ0v) is 10.5. The Kier molecular flexibility index (Phi) is 6.04. The largest absolute Gasteiger partial charge is 0.322 e. The molecular formula is C13H19N3O2. The summed E-state index contributed by atoms with van der Waals surface area (Å²) in [7, 11) is 1.93.